The minimum atomic E-state index is -0.153. The first-order valence-electron chi connectivity index (χ1n) is 8.01. The summed E-state index contributed by atoms with van der Waals surface area (Å²) in [4.78, 5) is 0. The van der Waals surface area contributed by atoms with Crippen LogP contribution in [0.3, 0.4) is 0 Å². The smallest absolute Gasteiger partial charge is 0.123 e. The quantitative estimate of drug-likeness (QED) is 0.832. The van der Waals surface area contributed by atoms with Gasteiger partial charge in [-0.05, 0) is 43.7 Å². The molecule has 0 bridgehead atoms. The van der Waals surface area contributed by atoms with Crippen LogP contribution < -0.4 is 5.32 Å². The third-order valence-electron chi connectivity index (χ3n) is 4.13. The van der Waals surface area contributed by atoms with Gasteiger partial charge in [0.25, 0.3) is 0 Å². The van der Waals surface area contributed by atoms with Crippen molar-refractivity contribution >= 4 is 0 Å². The van der Waals surface area contributed by atoms with Crippen LogP contribution in [-0.2, 0) is 11.8 Å². The molecule has 0 unspecified atom stereocenters. The molecule has 0 saturated carbocycles. The predicted octanol–water partition coefficient (Wildman–Crippen LogP) is 3.59. The summed E-state index contributed by atoms with van der Waals surface area (Å²) in [6.45, 7) is 9.64. The number of hydrogen-bond acceptors (Lipinski definition) is 1. The Morgan fingerprint density at radius 1 is 1.23 bits per heavy atom. The van der Waals surface area contributed by atoms with Gasteiger partial charge in [0, 0.05) is 18.3 Å². The Morgan fingerprint density at radius 3 is 2.64 bits per heavy atom. The molecule has 2 aromatic rings. The molecule has 1 aromatic carbocycles. The van der Waals surface area contributed by atoms with Crippen molar-refractivity contribution in [3.05, 3.63) is 59.3 Å². The van der Waals surface area contributed by atoms with Gasteiger partial charge in [0.2, 0.25) is 0 Å². The first-order valence-corrected chi connectivity index (χ1v) is 8.01. The minimum Gasteiger partial charge on any atom is -0.466 e. The highest BCUT2D eigenvalue weighted by Gasteiger charge is 2.27. The minimum absolute atomic E-state index is 0.0308. The van der Waals surface area contributed by atoms with Crippen molar-refractivity contribution in [2.45, 2.75) is 52.0 Å². The van der Waals surface area contributed by atoms with E-state index in [4.69, 9.17) is 4.42 Å². The molecule has 1 heterocycles. The predicted molar refractivity (Wildman–Crippen MR) is 87.4 cm³/mol. The SMILES string of the molecule is Cc1ccc(C(C)(C)C[C@@H](C)[NH2+]CCc2cccc(F)c2)o1. The molecule has 2 N–H and O–H groups in total. The second-order valence-electron chi connectivity index (χ2n) is 6.88. The Hall–Kier alpha value is -1.61. The van der Waals surface area contributed by atoms with E-state index in [0.717, 1.165) is 36.5 Å². The van der Waals surface area contributed by atoms with Gasteiger partial charge in [-0.1, -0.05) is 26.0 Å². The van der Waals surface area contributed by atoms with Gasteiger partial charge >= 0.3 is 0 Å². The maximum Gasteiger partial charge on any atom is 0.123 e. The van der Waals surface area contributed by atoms with Gasteiger partial charge in [0.05, 0.1) is 12.6 Å². The molecule has 120 valence electrons. The van der Waals surface area contributed by atoms with Crippen molar-refractivity contribution in [1.82, 2.24) is 0 Å². The van der Waals surface area contributed by atoms with E-state index in [1.54, 1.807) is 12.1 Å². The maximum absolute atomic E-state index is 13.1. The lowest BCUT2D eigenvalue weighted by Crippen LogP contribution is -2.90. The van der Waals surface area contributed by atoms with Crippen LogP contribution in [0, 0.1) is 12.7 Å². The molecule has 1 aromatic heterocycles. The number of quaternary nitrogens is 1. The van der Waals surface area contributed by atoms with Gasteiger partial charge in [-0.2, -0.15) is 0 Å². The number of halogens is 1. The van der Waals surface area contributed by atoms with Gasteiger partial charge < -0.3 is 9.73 Å². The van der Waals surface area contributed by atoms with Crippen LogP contribution in [-0.4, -0.2) is 12.6 Å². The molecular formula is C19H27FNO+. The Morgan fingerprint density at radius 2 is 2.00 bits per heavy atom. The number of furan rings is 1. The Kier molecular flexibility index (Phi) is 5.41. The van der Waals surface area contributed by atoms with Crippen molar-refractivity contribution < 1.29 is 14.1 Å². The summed E-state index contributed by atoms with van der Waals surface area (Å²) in [5.74, 6) is 1.86. The van der Waals surface area contributed by atoms with E-state index in [9.17, 15) is 4.39 Å². The first kappa shape index (κ1) is 16.8. The summed E-state index contributed by atoms with van der Waals surface area (Å²) in [6.07, 6.45) is 1.94. The molecule has 0 aliphatic heterocycles. The molecule has 0 aliphatic rings. The van der Waals surface area contributed by atoms with Crippen LogP contribution in [0.5, 0.6) is 0 Å². The van der Waals surface area contributed by atoms with Crippen LogP contribution in [0.1, 0.15) is 44.3 Å². The molecule has 1 atom stereocenters. The summed E-state index contributed by atoms with van der Waals surface area (Å²) in [7, 11) is 0. The highest BCUT2D eigenvalue weighted by atomic mass is 19.1. The van der Waals surface area contributed by atoms with Crippen molar-refractivity contribution in [2.75, 3.05) is 6.54 Å². The molecular weight excluding hydrogens is 277 g/mol. The van der Waals surface area contributed by atoms with Gasteiger partial charge in [-0.15, -0.1) is 0 Å². The fourth-order valence-corrected chi connectivity index (χ4v) is 3.01. The van der Waals surface area contributed by atoms with E-state index < -0.39 is 0 Å². The summed E-state index contributed by atoms with van der Waals surface area (Å²) in [6, 6.07) is 11.5. The first-order chi connectivity index (χ1) is 10.4. The molecule has 2 rings (SSSR count). The zero-order chi connectivity index (χ0) is 16.2. The highest BCUT2D eigenvalue weighted by Crippen LogP contribution is 2.29. The van der Waals surface area contributed by atoms with Gasteiger partial charge in [-0.25, -0.2) is 4.39 Å². The van der Waals surface area contributed by atoms with Crippen LogP contribution in [0.15, 0.2) is 40.8 Å². The molecule has 0 saturated heterocycles. The monoisotopic (exact) mass is 304 g/mol. The van der Waals surface area contributed by atoms with E-state index in [2.05, 4.69) is 32.2 Å². The second-order valence-corrected chi connectivity index (χ2v) is 6.88. The Balaban J connectivity index is 1.81. The largest absolute Gasteiger partial charge is 0.466 e. The lowest BCUT2D eigenvalue weighted by molar-refractivity contribution is -0.687. The van der Waals surface area contributed by atoms with E-state index in [1.165, 1.54) is 6.07 Å². The fourth-order valence-electron chi connectivity index (χ4n) is 3.01. The Bertz CT molecular complexity index is 603. The van der Waals surface area contributed by atoms with Gasteiger partial charge in [0.15, 0.2) is 0 Å². The molecule has 22 heavy (non-hydrogen) atoms. The van der Waals surface area contributed by atoms with E-state index in [0.29, 0.717) is 6.04 Å². The highest BCUT2D eigenvalue weighted by molar-refractivity contribution is 5.16. The standard InChI is InChI=1S/C19H26FNO/c1-14(13-19(3,4)18-9-8-15(2)22-18)21-11-10-16-6-5-7-17(20)12-16/h5-9,12,14,21H,10-11,13H2,1-4H3/p+1/t14-/m1/s1. The van der Waals surface area contributed by atoms with Crippen molar-refractivity contribution in [1.29, 1.82) is 0 Å². The van der Waals surface area contributed by atoms with Crippen LogP contribution >= 0.6 is 0 Å². The number of rotatable bonds is 7. The Labute approximate surface area is 132 Å². The van der Waals surface area contributed by atoms with Crippen molar-refractivity contribution in [3.8, 4) is 0 Å². The summed E-state index contributed by atoms with van der Waals surface area (Å²) >= 11 is 0. The summed E-state index contributed by atoms with van der Waals surface area (Å²) in [5, 5.41) is 2.34. The third kappa shape index (κ3) is 4.70. The van der Waals surface area contributed by atoms with E-state index in [1.807, 2.05) is 19.1 Å². The number of aryl methyl sites for hydroxylation is 1. The molecule has 0 aliphatic carbocycles. The van der Waals surface area contributed by atoms with Gasteiger partial charge in [-0.3, -0.25) is 0 Å². The van der Waals surface area contributed by atoms with Crippen LogP contribution in [0.25, 0.3) is 0 Å². The van der Waals surface area contributed by atoms with Crippen LogP contribution in [0.2, 0.25) is 0 Å². The maximum atomic E-state index is 13.1. The number of benzene rings is 1. The summed E-state index contributed by atoms with van der Waals surface area (Å²) < 4.78 is 18.9. The van der Waals surface area contributed by atoms with Crippen molar-refractivity contribution in [3.63, 3.8) is 0 Å². The van der Waals surface area contributed by atoms with Gasteiger partial charge in [0.1, 0.15) is 17.3 Å². The lowest BCUT2D eigenvalue weighted by atomic mass is 9.83. The molecule has 0 radical (unpaired) electrons. The van der Waals surface area contributed by atoms with Crippen molar-refractivity contribution in [2.24, 2.45) is 0 Å². The lowest BCUT2D eigenvalue weighted by Gasteiger charge is -2.25. The molecule has 0 fully saturated rings. The zero-order valence-electron chi connectivity index (χ0n) is 14.0. The third-order valence-corrected chi connectivity index (χ3v) is 4.13. The normalized spacial score (nSPS) is 13.3. The van der Waals surface area contributed by atoms with Crippen LogP contribution in [0.4, 0.5) is 4.39 Å². The molecule has 2 nitrogen and oxygen atoms in total. The van der Waals surface area contributed by atoms with E-state index >= 15 is 0 Å². The number of hydrogen-bond donors (Lipinski definition) is 1. The summed E-state index contributed by atoms with van der Waals surface area (Å²) in [5.41, 5.74) is 1.09. The molecule has 0 spiro atoms. The second kappa shape index (κ2) is 7.10. The molecule has 0 amide bonds. The topological polar surface area (TPSA) is 29.8 Å². The fraction of sp³-hybridized carbons (Fsp3) is 0.474. The zero-order valence-corrected chi connectivity index (χ0v) is 14.0. The van der Waals surface area contributed by atoms with E-state index in [-0.39, 0.29) is 11.2 Å². The molecule has 3 heteroatoms. The average Bonchev–Trinajstić information content (AvgIpc) is 2.86. The number of nitrogens with two attached hydrogens (primary N) is 1. The average molecular weight is 304 g/mol.